The normalized spacial score (nSPS) is 11.0. The summed E-state index contributed by atoms with van der Waals surface area (Å²) in [6, 6.07) is 7.70. The van der Waals surface area contributed by atoms with Gasteiger partial charge in [-0.05, 0) is 6.07 Å². The van der Waals surface area contributed by atoms with E-state index in [-0.39, 0.29) is 11.9 Å². The minimum atomic E-state index is 0.179. The number of halogens is 1. The van der Waals surface area contributed by atoms with Crippen molar-refractivity contribution in [2.24, 2.45) is 0 Å². The molecule has 0 aliphatic carbocycles. The standard InChI is InChI=1S/C12H13ClN2O/c1-7(2)11-10(15-12(14)16-11)8-5-3-4-6-9(8)13/h3-7H,1-2H3,(H2,14,15). The molecule has 0 aliphatic heterocycles. The first-order valence-corrected chi connectivity index (χ1v) is 5.48. The van der Waals surface area contributed by atoms with Gasteiger partial charge in [-0.25, -0.2) is 0 Å². The Balaban J connectivity index is 2.60. The number of rotatable bonds is 2. The molecule has 0 atom stereocenters. The number of hydrogen-bond acceptors (Lipinski definition) is 3. The van der Waals surface area contributed by atoms with Gasteiger partial charge in [-0.1, -0.05) is 43.6 Å². The van der Waals surface area contributed by atoms with Gasteiger partial charge in [0, 0.05) is 11.5 Å². The molecule has 0 aliphatic rings. The van der Waals surface area contributed by atoms with E-state index in [1.165, 1.54) is 0 Å². The fourth-order valence-electron chi connectivity index (χ4n) is 1.59. The molecule has 4 heteroatoms. The number of hydrogen-bond donors (Lipinski definition) is 1. The third kappa shape index (κ3) is 1.91. The topological polar surface area (TPSA) is 52.0 Å². The third-order valence-electron chi connectivity index (χ3n) is 2.32. The van der Waals surface area contributed by atoms with Crippen LogP contribution in [0, 0.1) is 0 Å². The van der Waals surface area contributed by atoms with E-state index in [4.69, 9.17) is 21.8 Å². The number of oxazole rings is 1. The number of aromatic nitrogens is 1. The number of nitrogen functional groups attached to an aromatic ring is 1. The summed E-state index contributed by atoms with van der Waals surface area (Å²) in [4.78, 5) is 4.19. The van der Waals surface area contributed by atoms with E-state index in [0.717, 1.165) is 17.0 Å². The molecule has 0 fully saturated rings. The van der Waals surface area contributed by atoms with E-state index in [1.54, 1.807) is 0 Å². The first-order chi connectivity index (χ1) is 7.59. The summed E-state index contributed by atoms with van der Waals surface area (Å²) in [5.41, 5.74) is 7.17. The van der Waals surface area contributed by atoms with Crippen LogP contribution in [0.1, 0.15) is 25.5 Å². The van der Waals surface area contributed by atoms with Gasteiger partial charge in [0.1, 0.15) is 11.5 Å². The lowest BCUT2D eigenvalue weighted by atomic mass is 10.0. The van der Waals surface area contributed by atoms with Crippen LogP contribution < -0.4 is 5.73 Å². The lowest BCUT2D eigenvalue weighted by Gasteiger charge is -2.05. The second kappa shape index (κ2) is 4.18. The molecule has 2 rings (SSSR count). The predicted molar refractivity (Wildman–Crippen MR) is 65.5 cm³/mol. The molecule has 1 heterocycles. The number of nitrogens with two attached hydrogens (primary N) is 1. The first kappa shape index (κ1) is 11.0. The highest BCUT2D eigenvalue weighted by Gasteiger charge is 2.18. The maximum Gasteiger partial charge on any atom is 0.292 e. The minimum absolute atomic E-state index is 0.179. The quantitative estimate of drug-likeness (QED) is 0.865. The maximum absolute atomic E-state index is 6.12. The van der Waals surface area contributed by atoms with Gasteiger partial charge in [0.2, 0.25) is 0 Å². The van der Waals surface area contributed by atoms with Gasteiger partial charge in [-0.15, -0.1) is 0 Å². The van der Waals surface area contributed by atoms with Crippen LogP contribution in [-0.2, 0) is 0 Å². The van der Waals surface area contributed by atoms with Crippen LogP contribution in [0.2, 0.25) is 5.02 Å². The average molecular weight is 237 g/mol. The summed E-state index contributed by atoms with van der Waals surface area (Å²) in [5, 5.41) is 0.651. The lowest BCUT2D eigenvalue weighted by molar-refractivity contribution is 0.500. The van der Waals surface area contributed by atoms with Crippen molar-refractivity contribution in [1.82, 2.24) is 4.98 Å². The highest BCUT2D eigenvalue weighted by Crippen LogP contribution is 2.34. The highest BCUT2D eigenvalue weighted by molar-refractivity contribution is 6.33. The van der Waals surface area contributed by atoms with Gasteiger partial charge < -0.3 is 10.2 Å². The van der Waals surface area contributed by atoms with Crippen LogP contribution in [0.25, 0.3) is 11.3 Å². The van der Waals surface area contributed by atoms with Crippen molar-refractivity contribution in [2.75, 3.05) is 5.73 Å². The summed E-state index contributed by atoms with van der Waals surface area (Å²) in [5.74, 6) is 0.988. The SMILES string of the molecule is CC(C)c1oc(N)nc1-c1ccccc1Cl. The maximum atomic E-state index is 6.12. The second-order valence-corrected chi connectivity index (χ2v) is 4.31. The van der Waals surface area contributed by atoms with Crippen molar-refractivity contribution in [2.45, 2.75) is 19.8 Å². The zero-order chi connectivity index (χ0) is 11.7. The molecule has 1 aromatic heterocycles. The largest absolute Gasteiger partial charge is 0.428 e. The molecule has 16 heavy (non-hydrogen) atoms. The Labute approximate surface area is 99.2 Å². The molecule has 2 aromatic rings. The molecule has 0 spiro atoms. The fourth-order valence-corrected chi connectivity index (χ4v) is 1.81. The van der Waals surface area contributed by atoms with Crippen molar-refractivity contribution in [3.8, 4) is 11.3 Å². The molecule has 2 N–H and O–H groups in total. The van der Waals surface area contributed by atoms with Crippen LogP contribution >= 0.6 is 11.6 Å². The van der Waals surface area contributed by atoms with Crippen molar-refractivity contribution < 1.29 is 4.42 Å². The van der Waals surface area contributed by atoms with Gasteiger partial charge in [0.25, 0.3) is 6.01 Å². The molecule has 3 nitrogen and oxygen atoms in total. The van der Waals surface area contributed by atoms with E-state index in [9.17, 15) is 0 Å². The van der Waals surface area contributed by atoms with E-state index in [0.29, 0.717) is 5.02 Å². The van der Waals surface area contributed by atoms with Gasteiger partial charge in [-0.2, -0.15) is 4.98 Å². The van der Waals surface area contributed by atoms with Crippen molar-refractivity contribution in [3.63, 3.8) is 0 Å². The molecule has 1 aromatic carbocycles. The monoisotopic (exact) mass is 236 g/mol. The van der Waals surface area contributed by atoms with Gasteiger partial charge in [0.05, 0.1) is 5.02 Å². The summed E-state index contributed by atoms with van der Waals surface area (Å²) in [7, 11) is 0. The Hall–Kier alpha value is -1.48. The molecule has 0 bridgehead atoms. The molecule has 0 amide bonds. The summed E-state index contributed by atoms with van der Waals surface area (Å²) in [6.45, 7) is 4.06. The first-order valence-electron chi connectivity index (χ1n) is 5.10. The molecule has 84 valence electrons. The molecular formula is C12H13ClN2O. The Morgan fingerprint density at radius 3 is 2.62 bits per heavy atom. The fraction of sp³-hybridized carbons (Fsp3) is 0.250. The smallest absolute Gasteiger partial charge is 0.292 e. The summed E-state index contributed by atoms with van der Waals surface area (Å²) >= 11 is 6.12. The average Bonchev–Trinajstić information content (AvgIpc) is 2.61. The lowest BCUT2D eigenvalue weighted by Crippen LogP contribution is -1.89. The van der Waals surface area contributed by atoms with Crippen molar-refractivity contribution in [1.29, 1.82) is 0 Å². The van der Waals surface area contributed by atoms with Gasteiger partial charge in [0.15, 0.2) is 0 Å². The molecule has 0 unspecified atom stereocenters. The van der Waals surface area contributed by atoms with Crippen LogP contribution in [0.15, 0.2) is 28.7 Å². The summed E-state index contributed by atoms with van der Waals surface area (Å²) < 4.78 is 5.39. The van der Waals surface area contributed by atoms with Crippen molar-refractivity contribution >= 4 is 17.6 Å². The van der Waals surface area contributed by atoms with Crippen LogP contribution in [0.3, 0.4) is 0 Å². The molecule has 0 saturated heterocycles. The molecular weight excluding hydrogens is 224 g/mol. The Kier molecular flexibility index (Phi) is 2.88. The Morgan fingerprint density at radius 1 is 1.31 bits per heavy atom. The molecule has 0 radical (unpaired) electrons. The predicted octanol–water partition coefficient (Wildman–Crippen LogP) is 3.70. The van der Waals surface area contributed by atoms with E-state index in [1.807, 2.05) is 38.1 Å². The number of benzene rings is 1. The van der Waals surface area contributed by atoms with Crippen LogP contribution in [0.4, 0.5) is 6.01 Å². The second-order valence-electron chi connectivity index (χ2n) is 3.90. The van der Waals surface area contributed by atoms with E-state index in [2.05, 4.69) is 4.98 Å². The van der Waals surface area contributed by atoms with E-state index >= 15 is 0 Å². The zero-order valence-electron chi connectivity index (χ0n) is 9.20. The van der Waals surface area contributed by atoms with E-state index < -0.39 is 0 Å². The number of nitrogens with zero attached hydrogens (tertiary/aromatic N) is 1. The third-order valence-corrected chi connectivity index (χ3v) is 2.65. The Morgan fingerprint density at radius 2 is 2.00 bits per heavy atom. The zero-order valence-corrected chi connectivity index (χ0v) is 9.95. The van der Waals surface area contributed by atoms with Crippen molar-refractivity contribution in [3.05, 3.63) is 35.0 Å². The summed E-state index contributed by atoms with van der Waals surface area (Å²) in [6.07, 6.45) is 0. The molecule has 0 saturated carbocycles. The number of anilines is 1. The highest BCUT2D eigenvalue weighted by atomic mass is 35.5. The minimum Gasteiger partial charge on any atom is -0.428 e. The van der Waals surface area contributed by atoms with Crippen LogP contribution in [-0.4, -0.2) is 4.98 Å². The van der Waals surface area contributed by atoms with Gasteiger partial charge >= 0.3 is 0 Å². The van der Waals surface area contributed by atoms with Crippen LogP contribution in [0.5, 0.6) is 0 Å². The van der Waals surface area contributed by atoms with Gasteiger partial charge in [-0.3, -0.25) is 0 Å². The Bertz CT molecular complexity index is 505.